The standard InChI is InChI=1S/C40H61N7O7/c1-10-26-27(19-42-54)36(51)47(35(26)50)21-30(39(4,5)6)44-38(53)45-32(40(7,8)9)37(52)46-20-25(22(2)3)18-29(46)34(49)43-28(17-23-13-11-14-23)31(33(41)48)24-15-12-16-24/h10,19,22-23,25,28-30,32,54H,1,11-18,20-21H2,2-9H3,(H2,41,48)(H,43,49)(H2,44,45,53)/b42-19+/t25-,28?,29+,30-,32-/m1/s1. The molecule has 1 unspecified atom stereocenters. The van der Waals surface area contributed by atoms with E-state index in [0.29, 0.717) is 30.9 Å². The summed E-state index contributed by atoms with van der Waals surface area (Å²) in [6.45, 7) is 18.9. The highest BCUT2D eigenvalue weighted by atomic mass is 16.4. The van der Waals surface area contributed by atoms with E-state index >= 15 is 0 Å². The van der Waals surface area contributed by atoms with Gasteiger partial charge in [0.2, 0.25) is 17.7 Å². The Labute approximate surface area is 319 Å². The summed E-state index contributed by atoms with van der Waals surface area (Å²) in [6.07, 6.45) is 8.89. The van der Waals surface area contributed by atoms with E-state index in [1.54, 1.807) is 4.90 Å². The van der Waals surface area contributed by atoms with E-state index in [1.807, 2.05) is 41.5 Å². The number of likely N-dealkylation sites (tertiary alicyclic amines) is 1. The number of allylic oxidation sites excluding steroid dienone is 1. The van der Waals surface area contributed by atoms with Gasteiger partial charge in [0.15, 0.2) is 0 Å². The van der Waals surface area contributed by atoms with E-state index in [0.717, 1.165) is 55.2 Å². The van der Waals surface area contributed by atoms with Crippen LogP contribution in [0, 0.1) is 28.6 Å². The van der Waals surface area contributed by atoms with Gasteiger partial charge in [0.05, 0.1) is 36.0 Å². The number of amides is 7. The third kappa shape index (κ3) is 9.41. The van der Waals surface area contributed by atoms with E-state index in [-0.39, 0.29) is 35.4 Å². The molecule has 7 amide bonds. The molecule has 1 saturated heterocycles. The SMILES string of the molecule is C=CC1=C(/C=N/O)C(=O)N(C[C@@H](NC(=O)N[C@H](C(=O)N2C[C@H](C(C)C)C[C@H]2C(=O)NC(CC2CCC2)C(C(N)=O)=C2CCC2)C(C)(C)C)C(C)(C)C)C1=O. The summed E-state index contributed by atoms with van der Waals surface area (Å²) in [5.74, 6) is -1.99. The maximum Gasteiger partial charge on any atom is 0.315 e. The van der Waals surface area contributed by atoms with Crippen molar-refractivity contribution >= 4 is 41.8 Å². The summed E-state index contributed by atoms with van der Waals surface area (Å²) in [7, 11) is 0. The molecule has 298 valence electrons. The molecule has 2 heterocycles. The summed E-state index contributed by atoms with van der Waals surface area (Å²) in [6, 6.07) is -3.84. The quantitative estimate of drug-likeness (QED) is 0.0581. The number of oxime groups is 1. The molecule has 0 aromatic carbocycles. The first-order chi connectivity index (χ1) is 25.2. The molecule has 14 heteroatoms. The monoisotopic (exact) mass is 751 g/mol. The van der Waals surface area contributed by atoms with Crippen molar-refractivity contribution in [3.8, 4) is 0 Å². The van der Waals surface area contributed by atoms with E-state index < -0.39 is 64.7 Å². The number of rotatable bonds is 14. The van der Waals surface area contributed by atoms with Crippen LogP contribution in [0.25, 0.3) is 0 Å². The molecule has 4 rings (SSSR count). The highest BCUT2D eigenvalue weighted by Crippen LogP contribution is 2.37. The minimum Gasteiger partial charge on any atom is -0.411 e. The Balaban J connectivity index is 1.56. The summed E-state index contributed by atoms with van der Waals surface area (Å²) in [5, 5.41) is 20.9. The number of urea groups is 1. The van der Waals surface area contributed by atoms with Gasteiger partial charge in [-0.15, -0.1) is 0 Å². The van der Waals surface area contributed by atoms with Gasteiger partial charge >= 0.3 is 6.03 Å². The Morgan fingerprint density at radius 3 is 2.06 bits per heavy atom. The average Bonchev–Trinajstić information content (AvgIpc) is 3.57. The molecule has 14 nitrogen and oxygen atoms in total. The fourth-order valence-corrected chi connectivity index (χ4v) is 7.66. The van der Waals surface area contributed by atoms with Gasteiger partial charge in [-0.3, -0.25) is 28.9 Å². The Hall–Kier alpha value is -4.49. The second kappa shape index (κ2) is 16.9. The summed E-state index contributed by atoms with van der Waals surface area (Å²) in [4.78, 5) is 84.3. The number of imide groups is 1. The average molecular weight is 752 g/mol. The fourth-order valence-electron chi connectivity index (χ4n) is 7.66. The van der Waals surface area contributed by atoms with Gasteiger partial charge in [0.1, 0.15) is 12.1 Å². The number of nitrogens with two attached hydrogens (primary N) is 1. The van der Waals surface area contributed by atoms with Crippen molar-refractivity contribution in [2.24, 2.45) is 39.5 Å². The maximum atomic E-state index is 14.6. The van der Waals surface area contributed by atoms with Crippen molar-refractivity contribution in [1.29, 1.82) is 0 Å². The molecule has 2 saturated carbocycles. The molecule has 54 heavy (non-hydrogen) atoms. The van der Waals surface area contributed by atoms with Crippen molar-refractivity contribution in [2.45, 2.75) is 131 Å². The third-order valence-electron chi connectivity index (χ3n) is 11.7. The summed E-state index contributed by atoms with van der Waals surface area (Å²) >= 11 is 0. The van der Waals surface area contributed by atoms with Gasteiger partial charge in [0, 0.05) is 12.1 Å². The fraction of sp³-hybridized carbons (Fsp3) is 0.675. The molecule has 2 aliphatic carbocycles. The predicted octanol–water partition coefficient (Wildman–Crippen LogP) is 3.94. The smallest absolute Gasteiger partial charge is 0.315 e. The molecule has 3 fully saturated rings. The number of carbonyl (C=O) groups is 6. The third-order valence-corrected chi connectivity index (χ3v) is 11.7. The van der Waals surface area contributed by atoms with Crippen molar-refractivity contribution in [1.82, 2.24) is 25.8 Å². The number of primary amides is 1. The van der Waals surface area contributed by atoms with Gasteiger partial charge in [-0.2, -0.15) is 0 Å². The second-order valence-electron chi connectivity index (χ2n) is 17.9. The van der Waals surface area contributed by atoms with Crippen LogP contribution in [-0.4, -0.2) is 94.0 Å². The zero-order chi connectivity index (χ0) is 40.3. The molecule has 0 aromatic rings. The Morgan fingerprint density at radius 2 is 1.59 bits per heavy atom. The van der Waals surface area contributed by atoms with Crippen LogP contribution in [0.15, 0.2) is 40.1 Å². The first kappa shape index (κ1) is 42.3. The molecule has 0 radical (unpaired) electrons. The lowest BCUT2D eigenvalue weighted by Crippen LogP contribution is -2.62. The van der Waals surface area contributed by atoms with E-state index in [1.165, 1.54) is 6.08 Å². The number of nitrogens with one attached hydrogen (secondary N) is 3. The van der Waals surface area contributed by atoms with Crippen LogP contribution < -0.4 is 21.7 Å². The first-order valence-electron chi connectivity index (χ1n) is 19.3. The normalized spacial score (nSPS) is 22.6. The maximum absolute atomic E-state index is 14.6. The van der Waals surface area contributed by atoms with E-state index in [9.17, 15) is 28.8 Å². The van der Waals surface area contributed by atoms with Crippen LogP contribution in [-0.2, 0) is 24.0 Å². The van der Waals surface area contributed by atoms with Crippen molar-refractivity contribution in [3.05, 3.63) is 34.9 Å². The van der Waals surface area contributed by atoms with E-state index in [4.69, 9.17) is 10.9 Å². The lowest BCUT2D eigenvalue weighted by Gasteiger charge is -2.38. The Kier molecular flexibility index (Phi) is 13.2. The molecule has 0 spiro atoms. The van der Waals surface area contributed by atoms with Crippen LogP contribution in [0.3, 0.4) is 0 Å². The van der Waals surface area contributed by atoms with E-state index in [2.05, 4.69) is 41.5 Å². The lowest BCUT2D eigenvalue weighted by molar-refractivity contribution is -0.142. The predicted molar refractivity (Wildman–Crippen MR) is 205 cm³/mol. The molecule has 4 aliphatic rings. The first-order valence-corrected chi connectivity index (χ1v) is 19.3. The highest BCUT2D eigenvalue weighted by molar-refractivity contribution is 6.29. The number of carbonyl (C=O) groups excluding carboxylic acids is 6. The van der Waals surface area contributed by atoms with Crippen LogP contribution in [0.4, 0.5) is 4.79 Å². The number of hydrogen-bond donors (Lipinski definition) is 5. The van der Waals surface area contributed by atoms with Crippen LogP contribution in [0.2, 0.25) is 0 Å². The minimum atomic E-state index is -1.06. The zero-order valence-corrected chi connectivity index (χ0v) is 33.3. The number of nitrogens with zero attached hydrogens (tertiary/aromatic N) is 3. The molecular weight excluding hydrogens is 690 g/mol. The lowest BCUT2D eigenvalue weighted by atomic mass is 9.76. The largest absolute Gasteiger partial charge is 0.411 e. The van der Waals surface area contributed by atoms with Crippen LogP contribution >= 0.6 is 0 Å². The second-order valence-corrected chi connectivity index (χ2v) is 17.9. The molecular formula is C40H61N7O7. The summed E-state index contributed by atoms with van der Waals surface area (Å²) < 4.78 is 0. The molecule has 6 N–H and O–H groups in total. The van der Waals surface area contributed by atoms with Crippen LogP contribution in [0.5, 0.6) is 0 Å². The zero-order valence-electron chi connectivity index (χ0n) is 33.3. The highest BCUT2D eigenvalue weighted by Gasteiger charge is 2.47. The molecule has 5 atom stereocenters. The molecule has 0 aromatic heterocycles. The number of hydrogen-bond acceptors (Lipinski definition) is 8. The minimum absolute atomic E-state index is 0.0166. The van der Waals surface area contributed by atoms with Gasteiger partial charge in [-0.05, 0) is 60.7 Å². The molecule has 2 aliphatic heterocycles. The van der Waals surface area contributed by atoms with Crippen molar-refractivity contribution in [3.63, 3.8) is 0 Å². The van der Waals surface area contributed by atoms with Gasteiger partial charge in [-0.25, -0.2) is 4.79 Å². The van der Waals surface area contributed by atoms with Crippen molar-refractivity contribution in [2.75, 3.05) is 13.1 Å². The molecule has 0 bridgehead atoms. The summed E-state index contributed by atoms with van der Waals surface area (Å²) in [5.41, 5.74) is 5.85. The topological polar surface area (TPSA) is 204 Å². The Bertz CT molecular complexity index is 1610. The van der Waals surface area contributed by atoms with Gasteiger partial charge in [0.25, 0.3) is 11.8 Å². The Morgan fingerprint density at radius 1 is 0.963 bits per heavy atom. The van der Waals surface area contributed by atoms with Crippen LogP contribution in [0.1, 0.15) is 107 Å². The van der Waals surface area contributed by atoms with Gasteiger partial charge < -0.3 is 31.8 Å². The van der Waals surface area contributed by atoms with Crippen molar-refractivity contribution < 1.29 is 34.0 Å². The van der Waals surface area contributed by atoms with Gasteiger partial charge in [-0.1, -0.05) is 98.0 Å².